The normalized spacial score (nSPS) is 11.6. The van der Waals surface area contributed by atoms with Crippen molar-refractivity contribution in [2.75, 3.05) is 13.2 Å². The van der Waals surface area contributed by atoms with Crippen LogP contribution in [0.3, 0.4) is 0 Å². The highest BCUT2D eigenvalue weighted by molar-refractivity contribution is 5.85. The van der Waals surface area contributed by atoms with Crippen LogP contribution < -0.4 is 5.73 Å². The van der Waals surface area contributed by atoms with Crippen LogP contribution in [0.4, 0.5) is 0 Å². The molecule has 1 atom stereocenters. The molecule has 31 heavy (non-hydrogen) atoms. The third-order valence-electron chi connectivity index (χ3n) is 5.47. The smallest absolute Gasteiger partial charge is 0.322 e. The van der Waals surface area contributed by atoms with Crippen LogP contribution >= 0.6 is 12.4 Å². The molecule has 0 aliphatic rings. The van der Waals surface area contributed by atoms with Crippen molar-refractivity contribution in [1.82, 2.24) is 0 Å². The second kappa shape index (κ2) is 25.5. The third kappa shape index (κ3) is 23.7. The molecule has 0 spiro atoms. The second-order valence-electron chi connectivity index (χ2n) is 8.48. The van der Waals surface area contributed by atoms with Gasteiger partial charge in [-0.25, -0.2) is 0 Å². The van der Waals surface area contributed by atoms with Crippen LogP contribution in [0.2, 0.25) is 0 Å². The van der Waals surface area contributed by atoms with E-state index in [4.69, 9.17) is 15.2 Å². The zero-order chi connectivity index (χ0) is 22.3. The number of hydrogen-bond donors (Lipinski definition) is 1. The molecular weight excluding hydrogens is 414 g/mol. The van der Waals surface area contributed by atoms with E-state index < -0.39 is 12.0 Å². The van der Waals surface area contributed by atoms with E-state index >= 15 is 0 Å². The Hall–Kier alpha value is -0.810. The van der Waals surface area contributed by atoms with Crippen LogP contribution in [0.25, 0.3) is 0 Å². The van der Waals surface area contributed by atoms with E-state index in [-0.39, 0.29) is 31.2 Å². The van der Waals surface area contributed by atoms with E-state index in [1.54, 1.807) is 0 Å². The summed E-state index contributed by atoms with van der Waals surface area (Å²) in [6, 6.07) is -0.741. The molecule has 0 aromatic heterocycles. The predicted molar refractivity (Wildman–Crippen MR) is 132 cm³/mol. The fraction of sp³-hybridized carbons (Fsp3) is 0.920. The predicted octanol–water partition coefficient (Wildman–Crippen LogP) is 6.88. The Morgan fingerprint density at radius 3 is 1.48 bits per heavy atom. The van der Waals surface area contributed by atoms with Crippen LogP contribution in [0.1, 0.15) is 129 Å². The molecule has 0 aliphatic heterocycles. The molecule has 0 saturated carbocycles. The number of halogens is 1. The number of nitrogens with two attached hydrogens (primary N) is 1. The molecule has 186 valence electrons. The van der Waals surface area contributed by atoms with Crippen molar-refractivity contribution in [1.29, 1.82) is 0 Å². The second-order valence-corrected chi connectivity index (χ2v) is 8.48. The van der Waals surface area contributed by atoms with Crippen LogP contribution in [-0.4, -0.2) is 31.2 Å². The quantitative estimate of drug-likeness (QED) is 0.140. The fourth-order valence-corrected chi connectivity index (χ4v) is 3.40. The maximum Gasteiger partial charge on any atom is 0.322 e. The Morgan fingerprint density at radius 2 is 1.03 bits per heavy atom. The first-order chi connectivity index (χ1) is 14.6. The summed E-state index contributed by atoms with van der Waals surface area (Å²) in [6.45, 7) is 5.33. The van der Waals surface area contributed by atoms with Gasteiger partial charge in [0.05, 0.1) is 13.2 Å². The lowest BCUT2D eigenvalue weighted by Gasteiger charge is -2.11. The molecule has 2 N–H and O–H groups in total. The van der Waals surface area contributed by atoms with E-state index in [0.29, 0.717) is 13.2 Å². The summed E-state index contributed by atoms with van der Waals surface area (Å²) < 4.78 is 10.5. The third-order valence-corrected chi connectivity index (χ3v) is 5.47. The van der Waals surface area contributed by atoms with Gasteiger partial charge in [0.15, 0.2) is 0 Å². The van der Waals surface area contributed by atoms with Gasteiger partial charge in [-0.3, -0.25) is 9.59 Å². The van der Waals surface area contributed by atoms with Gasteiger partial charge < -0.3 is 15.2 Å². The molecule has 0 amide bonds. The average Bonchev–Trinajstić information content (AvgIpc) is 2.75. The van der Waals surface area contributed by atoms with Gasteiger partial charge in [0, 0.05) is 6.42 Å². The highest BCUT2D eigenvalue weighted by Crippen LogP contribution is 2.10. The number of carbonyl (C=O) groups is 2. The Kier molecular flexibility index (Phi) is 26.6. The van der Waals surface area contributed by atoms with Crippen molar-refractivity contribution in [2.24, 2.45) is 5.73 Å². The van der Waals surface area contributed by atoms with E-state index in [2.05, 4.69) is 13.8 Å². The lowest BCUT2D eigenvalue weighted by molar-refractivity contribution is -0.146. The highest BCUT2D eigenvalue weighted by Gasteiger charge is 2.17. The first-order valence-corrected chi connectivity index (χ1v) is 12.7. The first-order valence-electron chi connectivity index (χ1n) is 12.7. The molecule has 0 rings (SSSR count). The van der Waals surface area contributed by atoms with Crippen molar-refractivity contribution in [2.45, 2.75) is 135 Å². The van der Waals surface area contributed by atoms with Crippen LogP contribution in [0, 0.1) is 0 Å². The van der Waals surface area contributed by atoms with Gasteiger partial charge in [0.25, 0.3) is 0 Å². The van der Waals surface area contributed by atoms with E-state index in [0.717, 1.165) is 25.7 Å². The number of carbonyl (C=O) groups excluding carboxylic acids is 2. The van der Waals surface area contributed by atoms with Crippen molar-refractivity contribution in [3.05, 3.63) is 0 Å². The zero-order valence-corrected chi connectivity index (χ0v) is 21.2. The van der Waals surface area contributed by atoms with Crippen molar-refractivity contribution in [3.8, 4) is 0 Å². The SMILES string of the molecule is CCCCCCCCCCOC(=O)CCC(N)C(=O)OCCCCCCCCCC.Cl. The first kappa shape index (κ1) is 32.4. The Morgan fingerprint density at radius 1 is 0.645 bits per heavy atom. The number of hydrogen-bond acceptors (Lipinski definition) is 5. The number of ether oxygens (including phenoxy) is 2. The summed E-state index contributed by atoms with van der Waals surface area (Å²) in [7, 11) is 0. The van der Waals surface area contributed by atoms with Gasteiger partial charge in [-0.1, -0.05) is 104 Å². The lowest BCUT2D eigenvalue weighted by atomic mass is 10.1. The number of rotatable bonds is 22. The largest absolute Gasteiger partial charge is 0.466 e. The molecule has 6 heteroatoms. The molecule has 0 aliphatic carbocycles. The van der Waals surface area contributed by atoms with Crippen LogP contribution in [0.5, 0.6) is 0 Å². The molecule has 0 bridgehead atoms. The molecule has 0 radical (unpaired) electrons. The molecule has 0 aromatic rings. The zero-order valence-electron chi connectivity index (χ0n) is 20.3. The Balaban J connectivity index is 0. The molecule has 0 fully saturated rings. The highest BCUT2D eigenvalue weighted by atomic mass is 35.5. The standard InChI is InChI=1S/C25H49NO4.ClH/c1-3-5-7-9-11-13-15-17-21-29-24(27)20-19-23(26)25(28)30-22-18-16-14-12-10-8-6-4-2;/h23H,3-22,26H2,1-2H3;1H. The summed E-state index contributed by atoms with van der Waals surface area (Å²) >= 11 is 0. The topological polar surface area (TPSA) is 78.6 Å². The fourth-order valence-electron chi connectivity index (χ4n) is 3.40. The maximum atomic E-state index is 11.9. The molecule has 0 heterocycles. The molecule has 0 saturated heterocycles. The summed E-state index contributed by atoms with van der Waals surface area (Å²) in [5, 5.41) is 0. The minimum atomic E-state index is -0.741. The molecule has 1 unspecified atom stereocenters. The van der Waals surface area contributed by atoms with Crippen LogP contribution in [0.15, 0.2) is 0 Å². The van der Waals surface area contributed by atoms with Crippen LogP contribution in [-0.2, 0) is 19.1 Å². The van der Waals surface area contributed by atoms with E-state index in [1.807, 2.05) is 0 Å². The summed E-state index contributed by atoms with van der Waals surface area (Å²) in [5.74, 6) is -0.682. The summed E-state index contributed by atoms with van der Waals surface area (Å²) in [6.07, 6.45) is 19.8. The minimum Gasteiger partial charge on any atom is -0.466 e. The lowest BCUT2D eigenvalue weighted by Crippen LogP contribution is -2.33. The van der Waals surface area contributed by atoms with Crippen molar-refractivity contribution in [3.63, 3.8) is 0 Å². The number of esters is 2. The van der Waals surface area contributed by atoms with Gasteiger partial charge in [0.2, 0.25) is 0 Å². The average molecular weight is 464 g/mol. The Bertz CT molecular complexity index is 407. The van der Waals surface area contributed by atoms with E-state index in [1.165, 1.54) is 77.0 Å². The maximum absolute atomic E-state index is 11.9. The molecule has 0 aromatic carbocycles. The number of unbranched alkanes of at least 4 members (excludes halogenated alkanes) is 14. The van der Waals surface area contributed by atoms with Gasteiger partial charge in [-0.15, -0.1) is 12.4 Å². The van der Waals surface area contributed by atoms with Gasteiger partial charge in [0.1, 0.15) is 6.04 Å². The van der Waals surface area contributed by atoms with Crippen molar-refractivity contribution >= 4 is 24.3 Å². The summed E-state index contributed by atoms with van der Waals surface area (Å²) in [4.78, 5) is 23.7. The molecule has 5 nitrogen and oxygen atoms in total. The molecular formula is C25H50ClNO4. The van der Waals surface area contributed by atoms with E-state index in [9.17, 15) is 9.59 Å². The Labute approximate surface area is 198 Å². The van der Waals surface area contributed by atoms with Gasteiger partial charge in [-0.05, 0) is 19.3 Å². The van der Waals surface area contributed by atoms with Gasteiger partial charge in [-0.2, -0.15) is 0 Å². The summed E-state index contributed by atoms with van der Waals surface area (Å²) in [5.41, 5.74) is 5.84. The minimum absolute atomic E-state index is 0. The van der Waals surface area contributed by atoms with Crippen molar-refractivity contribution < 1.29 is 19.1 Å². The monoisotopic (exact) mass is 463 g/mol. The van der Waals surface area contributed by atoms with Gasteiger partial charge >= 0.3 is 11.9 Å².